The van der Waals surface area contributed by atoms with Crippen molar-refractivity contribution >= 4 is 34.2 Å². The number of nitrogens with zero attached hydrogens (tertiary/aromatic N) is 1. The molecule has 0 aliphatic heterocycles. The molecule has 1 aromatic carbocycles. The van der Waals surface area contributed by atoms with Crippen LogP contribution < -0.4 is 5.32 Å². The predicted octanol–water partition coefficient (Wildman–Crippen LogP) is 1.93. The summed E-state index contributed by atoms with van der Waals surface area (Å²) in [4.78, 5) is 13.7. The predicted molar refractivity (Wildman–Crippen MR) is 81.6 cm³/mol. The van der Waals surface area contributed by atoms with Crippen molar-refractivity contribution in [2.45, 2.75) is 19.4 Å². The van der Waals surface area contributed by atoms with E-state index in [4.69, 9.17) is 0 Å². The van der Waals surface area contributed by atoms with Crippen molar-refractivity contribution in [3.05, 3.63) is 27.8 Å². The van der Waals surface area contributed by atoms with Gasteiger partial charge in [0, 0.05) is 14.8 Å². The van der Waals surface area contributed by atoms with Gasteiger partial charge in [-0.2, -0.15) is 0 Å². The van der Waals surface area contributed by atoms with E-state index in [1.54, 1.807) is 0 Å². The molecule has 0 aromatic heterocycles. The number of hydrogen-bond acceptors (Lipinski definition) is 3. The Kier molecular flexibility index (Phi) is 5.55. The third kappa shape index (κ3) is 4.55. The van der Waals surface area contributed by atoms with Crippen molar-refractivity contribution in [2.24, 2.45) is 0 Å². The van der Waals surface area contributed by atoms with Crippen LogP contribution in [0.25, 0.3) is 0 Å². The molecule has 0 atom stereocenters. The van der Waals surface area contributed by atoms with Gasteiger partial charge in [-0.05, 0) is 61.7 Å². The third-order valence-electron chi connectivity index (χ3n) is 2.91. The van der Waals surface area contributed by atoms with Crippen LogP contribution in [0.2, 0.25) is 0 Å². The molecule has 1 rings (SSSR count). The second-order valence-corrected chi connectivity index (χ2v) is 6.13. The maximum absolute atomic E-state index is 11.9. The molecule has 0 aliphatic rings. The van der Waals surface area contributed by atoms with Crippen molar-refractivity contribution in [3.8, 4) is 0 Å². The minimum Gasteiger partial charge on any atom is -0.394 e. The van der Waals surface area contributed by atoms with Gasteiger partial charge in [-0.1, -0.05) is 6.07 Å². The first kappa shape index (κ1) is 15.4. The number of benzene rings is 1. The molecule has 18 heavy (non-hydrogen) atoms. The lowest BCUT2D eigenvalue weighted by Crippen LogP contribution is -2.47. The van der Waals surface area contributed by atoms with Crippen LogP contribution in [0.4, 0.5) is 5.69 Å². The molecule has 100 valence electrons. The van der Waals surface area contributed by atoms with E-state index in [1.165, 1.54) is 0 Å². The fourth-order valence-corrected chi connectivity index (χ4v) is 1.86. The number of anilines is 1. The normalized spacial score (nSPS) is 11.7. The Morgan fingerprint density at radius 2 is 2.17 bits per heavy atom. The number of amides is 1. The summed E-state index contributed by atoms with van der Waals surface area (Å²) >= 11 is 2.20. The monoisotopic (exact) mass is 362 g/mol. The van der Waals surface area contributed by atoms with E-state index < -0.39 is 5.54 Å². The van der Waals surface area contributed by atoms with Crippen LogP contribution in [0.1, 0.15) is 13.8 Å². The minimum atomic E-state index is -0.400. The van der Waals surface area contributed by atoms with E-state index >= 15 is 0 Å². The highest BCUT2D eigenvalue weighted by Crippen LogP contribution is 2.14. The van der Waals surface area contributed by atoms with Gasteiger partial charge in [-0.15, -0.1) is 0 Å². The number of hydrogen-bond donors (Lipinski definition) is 2. The van der Waals surface area contributed by atoms with E-state index in [9.17, 15) is 9.90 Å². The topological polar surface area (TPSA) is 52.6 Å². The molecule has 0 bridgehead atoms. The number of nitrogens with one attached hydrogen (secondary N) is 1. The first-order valence-electron chi connectivity index (χ1n) is 5.72. The SMILES string of the molecule is CN(CC(=O)Nc1cccc(I)c1)C(C)(C)CO. The number of likely N-dealkylation sites (N-methyl/N-ethyl adjacent to an activating group) is 1. The van der Waals surface area contributed by atoms with Gasteiger partial charge in [0.15, 0.2) is 0 Å². The van der Waals surface area contributed by atoms with Gasteiger partial charge < -0.3 is 10.4 Å². The molecule has 1 amide bonds. The quantitative estimate of drug-likeness (QED) is 0.788. The average Bonchev–Trinajstić information content (AvgIpc) is 2.28. The molecular weight excluding hydrogens is 343 g/mol. The summed E-state index contributed by atoms with van der Waals surface area (Å²) in [6.07, 6.45) is 0. The number of rotatable bonds is 5. The van der Waals surface area contributed by atoms with Gasteiger partial charge in [-0.3, -0.25) is 9.69 Å². The van der Waals surface area contributed by atoms with Gasteiger partial charge >= 0.3 is 0 Å². The smallest absolute Gasteiger partial charge is 0.238 e. The molecule has 0 unspecified atom stereocenters. The molecule has 0 aliphatic carbocycles. The van der Waals surface area contributed by atoms with Crippen LogP contribution in [0.5, 0.6) is 0 Å². The van der Waals surface area contributed by atoms with Gasteiger partial charge in [0.25, 0.3) is 0 Å². The van der Waals surface area contributed by atoms with Gasteiger partial charge in [-0.25, -0.2) is 0 Å². The van der Waals surface area contributed by atoms with E-state index in [2.05, 4.69) is 27.9 Å². The number of halogens is 1. The van der Waals surface area contributed by atoms with Crippen molar-refractivity contribution < 1.29 is 9.90 Å². The van der Waals surface area contributed by atoms with E-state index in [0.717, 1.165) is 9.26 Å². The third-order valence-corrected chi connectivity index (χ3v) is 3.58. The Labute approximate surface area is 122 Å². The number of aliphatic hydroxyl groups is 1. The first-order valence-corrected chi connectivity index (χ1v) is 6.80. The lowest BCUT2D eigenvalue weighted by Gasteiger charge is -2.33. The Bertz CT molecular complexity index is 421. The Balaban J connectivity index is 2.57. The zero-order valence-corrected chi connectivity index (χ0v) is 13.1. The van der Waals surface area contributed by atoms with E-state index in [0.29, 0.717) is 0 Å². The standard InChI is InChI=1S/C13H19IN2O2/c1-13(2,9-17)16(3)8-12(18)15-11-6-4-5-10(14)7-11/h4-7,17H,8-9H2,1-3H3,(H,15,18). The lowest BCUT2D eigenvalue weighted by atomic mass is 10.1. The molecule has 0 fully saturated rings. The summed E-state index contributed by atoms with van der Waals surface area (Å²) in [6, 6.07) is 7.64. The second-order valence-electron chi connectivity index (χ2n) is 4.89. The fourth-order valence-electron chi connectivity index (χ4n) is 1.32. The summed E-state index contributed by atoms with van der Waals surface area (Å²) in [6.45, 7) is 4.05. The molecule has 0 heterocycles. The van der Waals surface area contributed by atoms with E-state index in [-0.39, 0.29) is 19.1 Å². The molecule has 1 aromatic rings. The molecule has 0 saturated heterocycles. The Morgan fingerprint density at radius 1 is 1.50 bits per heavy atom. The van der Waals surface area contributed by atoms with Crippen LogP contribution in [0.15, 0.2) is 24.3 Å². The van der Waals surface area contributed by atoms with Crippen LogP contribution >= 0.6 is 22.6 Å². The second kappa shape index (κ2) is 6.49. The van der Waals surface area contributed by atoms with Crippen LogP contribution in [-0.4, -0.2) is 41.7 Å². The minimum absolute atomic E-state index is 0.0139. The molecular formula is C13H19IN2O2. The largest absolute Gasteiger partial charge is 0.394 e. The molecule has 0 radical (unpaired) electrons. The highest BCUT2D eigenvalue weighted by atomic mass is 127. The summed E-state index contributed by atoms with van der Waals surface area (Å²) in [5.41, 5.74) is 0.393. The van der Waals surface area contributed by atoms with Gasteiger partial charge in [0.1, 0.15) is 0 Å². The Hall–Kier alpha value is -0.660. The molecule has 4 nitrogen and oxygen atoms in total. The van der Waals surface area contributed by atoms with Crippen molar-refractivity contribution in [1.29, 1.82) is 0 Å². The summed E-state index contributed by atoms with van der Waals surface area (Å²) in [5.74, 6) is -0.0824. The molecule has 5 heteroatoms. The summed E-state index contributed by atoms with van der Waals surface area (Å²) < 4.78 is 1.08. The van der Waals surface area contributed by atoms with Crippen LogP contribution in [-0.2, 0) is 4.79 Å². The first-order chi connectivity index (χ1) is 8.35. The zero-order valence-electron chi connectivity index (χ0n) is 10.9. The van der Waals surface area contributed by atoms with Crippen LogP contribution in [0, 0.1) is 3.57 Å². The average molecular weight is 362 g/mol. The molecule has 2 N–H and O–H groups in total. The Morgan fingerprint density at radius 3 is 2.72 bits per heavy atom. The highest BCUT2D eigenvalue weighted by Gasteiger charge is 2.24. The van der Waals surface area contributed by atoms with Crippen molar-refractivity contribution in [3.63, 3.8) is 0 Å². The summed E-state index contributed by atoms with van der Waals surface area (Å²) in [5, 5.41) is 12.1. The van der Waals surface area contributed by atoms with Crippen molar-refractivity contribution in [2.75, 3.05) is 25.5 Å². The highest BCUT2D eigenvalue weighted by molar-refractivity contribution is 14.1. The lowest BCUT2D eigenvalue weighted by molar-refractivity contribution is -0.118. The number of aliphatic hydroxyl groups excluding tert-OH is 1. The molecule has 0 spiro atoms. The van der Waals surface area contributed by atoms with E-state index in [1.807, 2.05) is 50.1 Å². The van der Waals surface area contributed by atoms with Crippen LogP contribution in [0.3, 0.4) is 0 Å². The van der Waals surface area contributed by atoms with Crippen molar-refractivity contribution in [1.82, 2.24) is 4.90 Å². The maximum atomic E-state index is 11.9. The molecule has 0 saturated carbocycles. The number of carbonyl (C=O) groups is 1. The summed E-state index contributed by atoms with van der Waals surface area (Å²) in [7, 11) is 1.82. The zero-order chi connectivity index (χ0) is 13.8. The van der Waals surface area contributed by atoms with Gasteiger partial charge in [0.05, 0.1) is 13.2 Å². The number of carbonyl (C=O) groups excluding carboxylic acids is 1. The fraction of sp³-hybridized carbons (Fsp3) is 0.462. The van der Waals surface area contributed by atoms with Gasteiger partial charge in [0.2, 0.25) is 5.91 Å². The maximum Gasteiger partial charge on any atom is 0.238 e.